The van der Waals surface area contributed by atoms with E-state index in [1.165, 1.54) is 28.0 Å². The molecule has 8 nitrogen and oxygen atoms in total. The molecule has 0 bridgehead atoms. The lowest BCUT2D eigenvalue weighted by molar-refractivity contribution is 0.313. The van der Waals surface area contributed by atoms with E-state index in [9.17, 15) is 0 Å². The minimum atomic E-state index is 0.523. The lowest BCUT2D eigenvalue weighted by atomic mass is 10.0. The van der Waals surface area contributed by atoms with Gasteiger partial charge in [-0.3, -0.25) is 5.10 Å². The van der Waals surface area contributed by atoms with Gasteiger partial charge < -0.3 is 20.1 Å². The van der Waals surface area contributed by atoms with E-state index in [-0.39, 0.29) is 0 Å². The standard InChI is InChI=1S/C34H34N8/c1-41-9-11-42(12-10-41)31-7-8-36-33-28(31)18-30(38-33)32-29-17-27(21-37-34(29)40-39-32)25-14-23(13-24-15-26(24)16-25)20-35-19-22-5-3-2-4-6-22/h2-8,13-14,16-18,21,26,35H,9-12,15,19-20H2,1H3,(H,36,38)(H,37,39,40). The van der Waals surface area contributed by atoms with Crippen LogP contribution in [0, 0.1) is 5.92 Å². The fourth-order valence-corrected chi connectivity index (χ4v) is 6.23. The first kappa shape index (κ1) is 25.2. The van der Waals surface area contributed by atoms with Gasteiger partial charge in [0, 0.05) is 79.6 Å². The lowest BCUT2D eigenvalue weighted by Crippen LogP contribution is -2.44. The molecule has 1 saturated heterocycles. The number of nitrogens with zero attached hydrogens (tertiary/aromatic N) is 5. The highest BCUT2D eigenvalue weighted by atomic mass is 15.2. The minimum absolute atomic E-state index is 0.523. The fourth-order valence-electron chi connectivity index (χ4n) is 6.23. The zero-order valence-electron chi connectivity index (χ0n) is 23.8. The van der Waals surface area contributed by atoms with Crippen molar-refractivity contribution in [3.63, 3.8) is 0 Å². The summed E-state index contributed by atoms with van der Waals surface area (Å²) in [7, 11) is 2.18. The van der Waals surface area contributed by atoms with Gasteiger partial charge in [-0.15, -0.1) is 0 Å². The van der Waals surface area contributed by atoms with E-state index in [1.807, 2.05) is 12.4 Å². The summed E-state index contributed by atoms with van der Waals surface area (Å²) in [4.78, 5) is 17.8. The second-order valence-electron chi connectivity index (χ2n) is 11.7. The van der Waals surface area contributed by atoms with Crippen molar-refractivity contribution in [1.29, 1.82) is 0 Å². The predicted molar refractivity (Wildman–Crippen MR) is 169 cm³/mol. The van der Waals surface area contributed by atoms with E-state index < -0.39 is 0 Å². The molecule has 0 spiro atoms. The smallest absolute Gasteiger partial charge is 0.181 e. The number of anilines is 1. The summed E-state index contributed by atoms with van der Waals surface area (Å²) < 4.78 is 0. The molecule has 1 aromatic carbocycles. The Morgan fingerprint density at radius 1 is 0.952 bits per heavy atom. The number of hydrogen-bond donors (Lipinski definition) is 3. The largest absolute Gasteiger partial charge is 0.368 e. The third kappa shape index (κ3) is 4.82. The maximum Gasteiger partial charge on any atom is 0.181 e. The van der Waals surface area contributed by atoms with Crippen LogP contribution in [0.25, 0.3) is 39.0 Å². The summed E-state index contributed by atoms with van der Waals surface area (Å²) in [6.07, 6.45) is 12.1. The van der Waals surface area contributed by atoms with E-state index in [4.69, 9.17) is 4.98 Å². The van der Waals surface area contributed by atoms with Gasteiger partial charge in [-0.25, -0.2) is 9.97 Å². The van der Waals surface area contributed by atoms with Gasteiger partial charge in [-0.05, 0) is 48.4 Å². The number of nitrogens with one attached hydrogen (secondary N) is 3. The Kier molecular flexibility index (Phi) is 6.23. The third-order valence-electron chi connectivity index (χ3n) is 8.73. The first-order valence-electron chi connectivity index (χ1n) is 14.8. The highest BCUT2D eigenvalue weighted by Gasteiger charge is 2.30. The molecule has 1 atom stereocenters. The van der Waals surface area contributed by atoms with Crippen molar-refractivity contribution in [2.45, 2.75) is 13.0 Å². The van der Waals surface area contributed by atoms with Crippen LogP contribution in [0.3, 0.4) is 0 Å². The maximum atomic E-state index is 4.76. The van der Waals surface area contributed by atoms with Crippen LogP contribution in [0.1, 0.15) is 17.5 Å². The Labute approximate surface area is 244 Å². The van der Waals surface area contributed by atoms with Gasteiger partial charge in [0.2, 0.25) is 0 Å². The summed E-state index contributed by atoms with van der Waals surface area (Å²) >= 11 is 0. The highest BCUT2D eigenvalue weighted by molar-refractivity contribution is 5.98. The van der Waals surface area contributed by atoms with E-state index in [0.717, 1.165) is 79.1 Å². The van der Waals surface area contributed by atoms with Crippen LogP contribution in [0.15, 0.2) is 90.3 Å². The van der Waals surface area contributed by atoms with Crippen molar-refractivity contribution < 1.29 is 0 Å². The van der Waals surface area contributed by atoms with Gasteiger partial charge in [0.25, 0.3) is 0 Å². The quantitative estimate of drug-likeness (QED) is 0.253. The van der Waals surface area contributed by atoms with Gasteiger partial charge in [0.15, 0.2) is 5.65 Å². The lowest BCUT2D eigenvalue weighted by Gasteiger charge is -2.34. The normalized spacial score (nSPS) is 18.9. The van der Waals surface area contributed by atoms with E-state index in [0.29, 0.717) is 11.6 Å². The van der Waals surface area contributed by atoms with Crippen LogP contribution in [-0.4, -0.2) is 69.8 Å². The van der Waals surface area contributed by atoms with E-state index >= 15 is 0 Å². The number of aromatic amines is 2. The Balaban J connectivity index is 1.10. The average molecular weight is 555 g/mol. The molecule has 210 valence electrons. The predicted octanol–water partition coefficient (Wildman–Crippen LogP) is 5.31. The van der Waals surface area contributed by atoms with Gasteiger partial charge in [0.05, 0.1) is 11.4 Å². The molecule has 42 heavy (non-hydrogen) atoms. The minimum Gasteiger partial charge on any atom is -0.368 e. The molecule has 5 heterocycles. The molecule has 2 fully saturated rings. The Bertz CT molecular complexity index is 1870. The number of likely N-dealkylation sites (N-methyl/N-ethyl adjacent to an activating group) is 1. The number of benzene rings is 1. The fraction of sp³-hybridized carbons (Fsp3) is 0.265. The zero-order chi connectivity index (χ0) is 28.0. The molecule has 1 unspecified atom stereocenters. The SMILES string of the molecule is CN1CCN(c2ccnc3[nH]c(-c4[nH]nc5ncc(C6=CC7CC7=CC(CNCc7ccccc7)=C6)cc45)cc23)CC1. The van der Waals surface area contributed by atoms with Crippen LogP contribution in [-0.2, 0) is 6.54 Å². The van der Waals surface area contributed by atoms with Crippen LogP contribution < -0.4 is 10.2 Å². The Morgan fingerprint density at radius 2 is 1.83 bits per heavy atom. The molecule has 1 saturated carbocycles. The van der Waals surface area contributed by atoms with E-state index in [2.05, 4.69) is 109 Å². The Hall–Kier alpha value is -4.53. The molecular weight excluding hydrogens is 520 g/mol. The number of allylic oxidation sites excluding steroid dienone is 4. The van der Waals surface area contributed by atoms with Crippen molar-refractivity contribution in [3.05, 3.63) is 101 Å². The van der Waals surface area contributed by atoms with Gasteiger partial charge >= 0.3 is 0 Å². The van der Waals surface area contributed by atoms with E-state index in [1.54, 1.807) is 0 Å². The van der Waals surface area contributed by atoms with Crippen molar-refractivity contribution in [2.24, 2.45) is 5.92 Å². The number of H-pyrrole nitrogens is 2. The van der Waals surface area contributed by atoms with Gasteiger partial charge in [0.1, 0.15) is 5.65 Å². The van der Waals surface area contributed by atoms with Crippen molar-refractivity contribution in [2.75, 3.05) is 44.7 Å². The average Bonchev–Trinajstić information content (AvgIpc) is 3.42. The molecular formula is C34H34N8. The van der Waals surface area contributed by atoms with Crippen LogP contribution in [0.2, 0.25) is 0 Å². The molecule has 3 N–H and O–H groups in total. The molecule has 2 aliphatic carbocycles. The maximum absolute atomic E-state index is 4.76. The summed E-state index contributed by atoms with van der Waals surface area (Å²) in [5, 5.41) is 13.6. The second kappa shape index (κ2) is 10.4. The monoisotopic (exact) mass is 554 g/mol. The topological polar surface area (TPSA) is 88.8 Å². The summed E-state index contributed by atoms with van der Waals surface area (Å²) in [5.41, 5.74) is 11.2. The van der Waals surface area contributed by atoms with Gasteiger partial charge in [-0.1, -0.05) is 54.1 Å². The number of piperazine rings is 1. The number of aromatic nitrogens is 5. The molecule has 4 aromatic heterocycles. The third-order valence-corrected chi connectivity index (χ3v) is 8.73. The van der Waals surface area contributed by atoms with Gasteiger partial charge in [-0.2, -0.15) is 5.10 Å². The molecule has 0 amide bonds. The zero-order valence-corrected chi connectivity index (χ0v) is 23.8. The summed E-state index contributed by atoms with van der Waals surface area (Å²) in [6.45, 7) is 5.83. The van der Waals surface area contributed by atoms with Crippen molar-refractivity contribution in [1.82, 2.24) is 35.4 Å². The highest BCUT2D eigenvalue weighted by Crippen LogP contribution is 2.44. The van der Waals surface area contributed by atoms with Crippen molar-refractivity contribution in [3.8, 4) is 11.4 Å². The Morgan fingerprint density at radius 3 is 2.71 bits per heavy atom. The number of pyridine rings is 2. The molecule has 1 aliphatic heterocycles. The molecule has 8 heteroatoms. The van der Waals surface area contributed by atoms with Crippen molar-refractivity contribution >= 4 is 33.3 Å². The number of rotatable bonds is 7. The molecule has 8 rings (SSSR count). The van der Waals surface area contributed by atoms with Crippen LogP contribution in [0.4, 0.5) is 5.69 Å². The second-order valence-corrected chi connectivity index (χ2v) is 11.7. The summed E-state index contributed by atoms with van der Waals surface area (Å²) in [5.74, 6) is 0.523. The number of fused-ring (bicyclic) bond motifs is 3. The summed E-state index contributed by atoms with van der Waals surface area (Å²) in [6, 6.07) is 17.1. The number of hydrogen-bond acceptors (Lipinski definition) is 6. The first-order valence-corrected chi connectivity index (χ1v) is 14.8. The molecule has 5 aromatic rings. The molecule has 0 radical (unpaired) electrons. The first-order chi connectivity index (χ1) is 20.7. The van der Waals surface area contributed by atoms with Crippen LogP contribution in [0.5, 0.6) is 0 Å². The van der Waals surface area contributed by atoms with Crippen LogP contribution >= 0.6 is 0 Å². The molecule has 3 aliphatic rings.